The molecule has 0 saturated heterocycles. The lowest BCUT2D eigenvalue weighted by molar-refractivity contribution is -0.135. The largest absolute Gasteiger partial charge is 0.334 e. The number of benzene rings is 2. The number of hydrogen-bond donors (Lipinski definition) is 1. The molecule has 1 amide bonds. The van der Waals surface area contributed by atoms with Gasteiger partial charge in [0.1, 0.15) is 5.82 Å². The highest BCUT2D eigenvalue weighted by atomic mass is 19.1. The van der Waals surface area contributed by atoms with Crippen LogP contribution in [0.25, 0.3) is 0 Å². The Morgan fingerprint density at radius 1 is 1.19 bits per heavy atom. The first-order valence-corrected chi connectivity index (χ1v) is 9.44. The van der Waals surface area contributed by atoms with Crippen molar-refractivity contribution < 1.29 is 9.18 Å². The van der Waals surface area contributed by atoms with Gasteiger partial charge in [0, 0.05) is 31.6 Å². The first-order valence-electron chi connectivity index (χ1n) is 9.44. The molecule has 0 bridgehead atoms. The van der Waals surface area contributed by atoms with E-state index in [0.717, 1.165) is 13.0 Å². The minimum atomic E-state index is -0.397. The van der Waals surface area contributed by atoms with Crippen LogP contribution in [0.2, 0.25) is 0 Å². The van der Waals surface area contributed by atoms with Gasteiger partial charge in [0.2, 0.25) is 5.91 Å². The Bertz CT molecular complexity index is 793. The van der Waals surface area contributed by atoms with E-state index in [4.69, 9.17) is 5.73 Å². The number of amides is 1. The second-order valence-electron chi connectivity index (χ2n) is 7.67. The van der Waals surface area contributed by atoms with E-state index >= 15 is 0 Å². The second kappa shape index (κ2) is 8.63. The molecule has 0 fully saturated rings. The third-order valence-corrected chi connectivity index (χ3v) is 5.13. The molecule has 2 atom stereocenters. The molecule has 2 N–H and O–H groups in total. The van der Waals surface area contributed by atoms with E-state index < -0.39 is 6.04 Å². The Labute approximate surface area is 160 Å². The summed E-state index contributed by atoms with van der Waals surface area (Å²) < 4.78 is 13.9. The number of halogens is 1. The maximum absolute atomic E-state index is 13.9. The predicted molar refractivity (Wildman–Crippen MR) is 106 cm³/mol. The predicted octanol–water partition coefficient (Wildman–Crippen LogP) is 2.60. The molecule has 5 heteroatoms. The fourth-order valence-electron chi connectivity index (χ4n) is 3.82. The average molecular weight is 369 g/mol. The zero-order valence-electron chi connectivity index (χ0n) is 16.1. The lowest BCUT2D eigenvalue weighted by Crippen LogP contribution is -2.50. The molecule has 1 heterocycles. The molecular formula is C22H28FN3O. The van der Waals surface area contributed by atoms with Gasteiger partial charge >= 0.3 is 0 Å². The van der Waals surface area contributed by atoms with Crippen molar-refractivity contribution in [3.63, 3.8) is 0 Å². The van der Waals surface area contributed by atoms with Crippen LogP contribution in [0.3, 0.4) is 0 Å². The van der Waals surface area contributed by atoms with Crippen molar-refractivity contribution in [3.8, 4) is 0 Å². The van der Waals surface area contributed by atoms with Crippen LogP contribution in [-0.2, 0) is 24.2 Å². The molecule has 27 heavy (non-hydrogen) atoms. The van der Waals surface area contributed by atoms with Crippen LogP contribution in [0.5, 0.6) is 0 Å². The standard InChI is InChI=1S/C22H28FN3O/c1-25(2)15-20-12-16-7-3-4-9-18(16)14-26(20)22(27)13-19(24)11-17-8-5-6-10-21(17)23/h3-10,19-20H,11-15,24H2,1-2H3/t19-,20+/m1/s1. The van der Waals surface area contributed by atoms with Crippen LogP contribution >= 0.6 is 0 Å². The minimum Gasteiger partial charge on any atom is -0.334 e. The van der Waals surface area contributed by atoms with E-state index in [9.17, 15) is 9.18 Å². The summed E-state index contributed by atoms with van der Waals surface area (Å²) in [5.41, 5.74) is 9.27. The number of hydrogen-bond acceptors (Lipinski definition) is 3. The monoisotopic (exact) mass is 369 g/mol. The molecule has 144 valence electrons. The van der Waals surface area contributed by atoms with Gasteiger partial charge in [0.15, 0.2) is 0 Å². The average Bonchev–Trinajstić information content (AvgIpc) is 2.62. The van der Waals surface area contributed by atoms with E-state index in [0.29, 0.717) is 18.5 Å². The molecule has 2 aromatic carbocycles. The number of carbonyl (C=O) groups excluding carboxylic acids is 1. The number of nitrogens with zero attached hydrogens (tertiary/aromatic N) is 2. The van der Waals surface area contributed by atoms with Gasteiger partial charge in [-0.2, -0.15) is 0 Å². The van der Waals surface area contributed by atoms with E-state index in [1.165, 1.54) is 17.2 Å². The zero-order valence-corrected chi connectivity index (χ0v) is 16.1. The Kier molecular flexibility index (Phi) is 6.24. The van der Waals surface area contributed by atoms with Crippen LogP contribution in [0.1, 0.15) is 23.1 Å². The molecule has 1 aliphatic rings. The van der Waals surface area contributed by atoms with E-state index in [1.54, 1.807) is 18.2 Å². The summed E-state index contributed by atoms with van der Waals surface area (Å²) in [7, 11) is 4.04. The molecule has 0 unspecified atom stereocenters. The Morgan fingerprint density at radius 2 is 1.85 bits per heavy atom. The second-order valence-corrected chi connectivity index (χ2v) is 7.67. The summed E-state index contributed by atoms with van der Waals surface area (Å²) in [6, 6.07) is 14.6. The third-order valence-electron chi connectivity index (χ3n) is 5.13. The molecule has 0 saturated carbocycles. The Balaban J connectivity index is 1.70. The van der Waals surface area contributed by atoms with Crippen LogP contribution in [0.4, 0.5) is 4.39 Å². The summed E-state index contributed by atoms with van der Waals surface area (Å²) in [6.45, 7) is 1.42. The van der Waals surface area contributed by atoms with Gasteiger partial charge in [0.25, 0.3) is 0 Å². The molecule has 2 aromatic rings. The van der Waals surface area contributed by atoms with Crippen molar-refractivity contribution in [1.29, 1.82) is 0 Å². The highest BCUT2D eigenvalue weighted by Gasteiger charge is 2.30. The van der Waals surface area contributed by atoms with Crippen LogP contribution < -0.4 is 5.73 Å². The molecule has 0 spiro atoms. The van der Waals surface area contributed by atoms with Crippen LogP contribution in [0.15, 0.2) is 48.5 Å². The Morgan fingerprint density at radius 3 is 2.56 bits per heavy atom. The van der Waals surface area contributed by atoms with Gasteiger partial charge in [0.05, 0.1) is 0 Å². The highest BCUT2D eigenvalue weighted by Crippen LogP contribution is 2.25. The van der Waals surface area contributed by atoms with Crippen molar-refractivity contribution in [3.05, 3.63) is 71.0 Å². The molecule has 0 radical (unpaired) electrons. The van der Waals surface area contributed by atoms with Gasteiger partial charge in [-0.15, -0.1) is 0 Å². The quantitative estimate of drug-likeness (QED) is 0.852. The molecule has 4 nitrogen and oxygen atoms in total. The molecular weight excluding hydrogens is 341 g/mol. The fourth-order valence-corrected chi connectivity index (χ4v) is 3.82. The zero-order chi connectivity index (χ0) is 19.4. The van der Waals surface area contributed by atoms with Gasteiger partial charge in [-0.3, -0.25) is 4.79 Å². The summed E-state index contributed by atoms with van der Waals surface area (Å²) in [5, 5.41) is 0. The van der Waals surface area contributed by atoms with Gasteiger partial charge in [-0.05, 0) is 49.7 Å². The first-order chi connectivity index (χ1) is 12.9. The van der Waals surface area contributed by atoms with Crippen LogP contribution in [-0.4, -0.2) is 48.4 Å². The topological polar surface area (TPSA) is 49.6 Å². The molecule has 0 aromatic heterocycles. The van der Waals surface area contributed by atoms with Crippen LogP contribution in [0, 0.1) is 5.82 Å². The summed E-state index contributed by atoms with van der Waals surface area (Å²) in [5.74, 6) is -0.224. The van der Waals surface area contributed by atoms with E-state index in [-0.39, 0.29) is 24.2 Å². The maximum Gasteiger partial charge on any atom is 0.224 e. The molecule has 3 rings (SSSR count). The summed E-state index contributed by atoms with van der Waals surface area (Å²) >= 11 is 0. The normalized spacial score (nSPS) is 17.7. The lowest BCUT2D eigenvalue weighted by atomic mass is 9.92. The number of likely N-dealkylation sites (N-methyl/N-ethyl adjacent to an activating group) is 1. The highest BCUT2D eigenvalue weighted by molar-refractivity contribution is 5.77. The molecule has 1 aliphatic heterocycles. The van der Waals surface area contributed by atoms with Crippen molar-refractivity contribution in [2.75, 3.05) is 20.6 Å². The van der Waals surface area contributed by atoms with Crippen molar-refractivity contribution in [1.82, 2.24) is 9.80 Å². The molecule has 0 aliphatic carbocycles. The lowest BCUT2D eigenvalue weighted by Gasteiger charge is -2.39. The SMILES string of the molecule is CN(C)C[C@@H]1Cc2ccccc2CN1C(=O)C[C@H](N)Cc1ccccc1F. The minimum absolute atomic E-state index is 0.0418. The maximum atomic E-state index is 13.9. The first kappa shape index (κ1) is 19.5. The van der Waals surface area contributed by atoms with Gasteiger partial charge < -0.3 is 15.5 Å². The summed E-state index contributed by atoms with van der Waals surface area (Å²) in [6.07, 6.45) is 1.43. The number of nitrogens with two attached hydrogens (primary N) is 1. The van der Waals surface area contributed by atoms with Crippen molar-refractivity contribution >= 4 is 5.91 Å². The number of rotatable bonds is 6. The fraction of sp³-hybridized carbons (Fsp3) is 0.409. The number of carbonyl (C=O) groups is 1. The Hall–Kier alpha value is -2.24. The number of fused-ring (bicyclic) bond motifs is 1. The van der Waals surface area contributed by atoms with Crippen molar-refractivity contribution in [2.45, 2.75) is 37.9 Å². The third kappa shape index (κ3) is 4.93. The van der Waals surface area contributed by atoms with Crippen molar-refractivity contribution in [2.24, 2.45) is 5.73 Å². The summed E-state index contributed by atoms with van der Waals surface area (Å²) in [4.78, 5) is 17.1. The van der Waals surface area contributed by atoms with E-state index in [1.807, 2.05) is 31.1 Å². The van der Waals surface area contributed by atoms with Gasteiger partial charge in [-0.25, -0.2) is 4.39 Å². The van der Waals surface area contributed by atoms with Gasteiger partial charge in [-0.1, -0.05) is 42.5 Å². The smallest absolute Gasteiger partial charge is 0.224 e. The van der Waals surface area contributed by atoms with E-state index in [2.05, 4.69) is 17.0 Å².